The molecule has 1 aromatic heterocycles. The molecule has 0 aliphatic rings. The van der Waals surface area contributed by atoms with Crippen LogP contribution in [0.4, 0.5) is 5.82 Å². The van der Waals surface area contributed by atoms with E-state index in [1.165, 1.54) is 0 Å². The molecule has 13 heavy (non-hydrogen) atoms. The number of nitrogens with one attached hydrogen (secondary N) is 1. The molecule has 0 fully saturated rings. The highest BCUT2D eigenvalue weighted by molar-refractivity contribution is 5.37. The van der Waals surface area contributed by atoms with Crippen LogP contribution in [0.5, 0.6) is 5.88 Å². The molecule has 1 heterocycles. The van der Waals surface area contributed by atoms with Gasteiger partial charge in [-0.05, 0) is 0 Å². The lowest BCUT2D eigenvalue weighted by Gasteiger charge is -2.05. The fourth-order valence-electron chi connectivity index (χ4n) is 0.899. The van der Waals surface area contributed by atoms with Crippen LogP contribution in [0, 0.1) is 0 Å². The first kappa shape index (κ1) is 9.73. The maximum absolute atomic E-state index is 5.00. The lowest BCUT2D eigenvalue weighted by Crippen LogP contribution is -2.02. The predicted molar refractivity (Wildman–Crippen MR) is 48.8 cm³/mol. The van der Waals surface area contributed by atoms with E-state index in [-0.39, 0.29) is 0 Å². The van der Waals surface area contributed by atoms with Gasteiger partial charge in [0.15, 0.2) is 5.82 Å². The SMILES string of the molecule is CNc1cc(OC)nc(COC)n1. The van der Waals surface area contributed by atoms with Gasteiger partial charge in [-0.1, -0.05) is 0 Å². The number of rotatable bonds is 4. The maximum atomic E-state index is 5.00. The molecule has 0 aromatic carbocycles. The fourth-order valence-corrected chi connectivity index (χ4v) is 0.899. The lowest BCUT2D eigenvalue weighted by molar-refractivity contribution is 0.177. The van der Waals surface area contributed by atoms with Crippen molar-refractivity contribution in [2.24, 2.45) is 0 Å². The number of anilines is 1. The fraction of sp³-hybridized carbons (Fsp3) is 0.500. The Morgan fingerprint density at radius 1 is 1.38 bits per heavy atom. The van der Waals surface area contributed by atoms with Gasteiger partial charge in [0.25, 0.3) is 0 Å². The molecule has 0 unspecified atom stereocenters. The van der Waals surface area contributed by atoms with Gasteiger partial charge in [0.05, 0.1) is 7.11 Å². The summed E-state index contributed by atoms with van der Waals surface area (Å²) in [5.74, 6) is 1.86. The molecule has 0 saturated carbocycles. The van der Waals surface area contributed by atoms with Gasteiger partial charge in [0.2, 0.25) is 5.88 Å². The molecular weight excluding hydrogens is 170 g/mol. The summed E-state index contributed by atoms with van der Waals surface area (Å²) in [7, 11) is 4.96. The van der Waals surface area contributed by atoms with Gasteiger partial charge in [0.1, 0.15) is 12.4 Å². The summed E-state index contributed by atoms with van der Waals surface area (Å²) in [5.41, 5.74) is 0. The minimum Gasteiger partial charge on any atom is -0.481 e. The maximum Gasteiger partial charge on any atom is 0.218 e. The molecule has 0 bridgehead atoms. The van der Waals surface area contributed by atoms with Crippen LogP contribution in [0.15, 0.2) is 6.07 Å². The van der Waals surface area contributed by atoms with E-state index in [2.05, 4.69) is 15.3 Å². The van der Waals surface area contributed by atoms with Gasteiger partial charge in [-0.15, -0.1) is 0 Å². The molecule has 1 aromatic rings. The second kappa shape index (κ2) is 4.61. The molecule has 0 spiro atoms. The number of ether oxygens (including phenoxy) is 2. The molecule has 5 heteroatoms. The highest BCUT2D eigenvalue weighted by atomic mass is 16.5. The molecule has 0 radical (unpaired) electrons. The Labute approximate surface area is 77.1 Å². The standard InChI is InChI=1S/C8H13N3O2/c1-9-6-4-8(13-3)11-7(10-6)5-12-2/h4H,5H2,1-3H3,(H,9,10,11). The minimum atomic E-state index is 0.381. The van der Waals surface area contributed by atoms with Gasteiger partial charge < -0.3 is 14.8 Å². The molecule has 5 nitrogen and oxygen atoms in total. The first-order chi connectivity index (χ1) is 6.30. The van der Waals surface area contributed by atoms with E-state index in [1.807, 2.05) is 0 Å². The van der Waals surface area contributed by atoms with Gasteiger partial charge in [0, 0.05) is 20.2 Å². The molecule has 1 rings (SSSR count). The van der Waals surface area contributed by atoms with Crippen LogP contribution in [0.3, 0.4) is 0 Å². The van der Waals surface area contributed by atoms with Gasteiger partial charge in [-0.25, -0.2) is 4.98 Å². The summed E-state index contributed by atoms with van der Waals surface area (Å²) in [6.07, 6.45) is 0. The largest absolute Gasteiger partial charge is 0.481 e. The van der Waals surface area contributed by atoms with E-state index >= 15 is 0 Å². The van der Waals surface area contributed by atoms with Crippen molar-refractivity contribution in [2.45, 2.75) is 6.61 Å². The molecular formula is C8H13N3O2. The van der Waals surface area contributed by atoms with Crippen LogP contribution in [0.1, 0.15) is 5.82 Å². The van der Waals surface area contributed by atoms with Crippen LogP contribution in [-0.2, 0) is 11.3 Å². The Hall–Kier alpha value is -1.36. The monoisotopic (exact) mass is 183 g/mol. The van der Waals surface area contributed by atoms with E-state index in [9.17, 15) is 0 Å². The van der Waals surface area contributed by atoms with Crippen molar-refractivity contribution >= 4 is 5.82 Å². The van der Waals surface area contributed by atoms with E-state index in [4.69, 9.17) is 9.47 Å². The summed E-state index contributed by atoms with van der Waals surface area (Å²) >= 11 is 0. The van der Waals surface area contributed by atoms with E-state index < -0.39 is 0 Å². The zero-order valence-electron chi connectivity index (χ0n) is 8.00. The molecule has 0 aliphatic carbocycles. The average Bonchev–Trinajstić information content (AvgIpc) is 2.17. The lowest BCUT2D eigenvalue weighted by atomic mass is 10.5. The van der Waals surface area contributed by atoms with E-state index in [0.29, 0.717) is 18.3 Å². The molecule has 72 valence electrons. The first-order valence-electron chi connectivity index (χ1n) is 3.88. The molecule has 0 atom stereocenters. The van der Waals surface area contributed by atoms with Crippen LogP contribution >= 0.6 is 0 Å². The Morgan fingerprint density at radius 2 is 2.15 bits per heavy atom. The number of hydrogen-bond acceptors (Lipinski definition) is 5. The second-order valence-corrected chi connectivity index (χ2v) is 2.39. The van der Waals surface area contributed by atoms with Crippen LogP contribution in [-0.4, -0.2) is 31.2 Å². The summed E-state index contributed by atoms with van der Waals surface area (Å²) < 4.78 is 9.92. The number of methoxy groups -OCH3 is 2. The van der Waals surface area contributed by atoms with Crippen molar-refractivity contribution in [3.8, 4) is 5.88 Å². The average molecular weight is 183 g/mol. The van der Waals surface area contributed by atoms with Gasteiger partial charge >= 0.3 is 0 Å². The highest BCUT2D eigenvalue weighted by Crippen LogP contribution is 2.12. The number of aromatic nitrogens is 2. The predicted octanol–water partition coefficient (Wildman–Crippen LogP) is 0.673. The normalized spacial score (nSPS) is 9.77. The van der Waals surface area contributed by atoms with Crippen molar-refractivity contribution in [1.82, 2.24) is 9.97 Å². The van der Waals surface area contributed by atoms with E-state index in [1.54, 1.807) is 27.3 Å². The third-order valence-electron chi connectivity index (χ3n) is 1.49. The number of nitrogens with zero attached hydrogens (tertiary/aromatic N) is 2. The van der Waals surface area contributed by atoms with Crippen LogP contribution < -0.4 is 10.1 Å². The summed E-state index contributed by atoms with van der Waals surface area (Å²) in [6.45, 7) is 0.381. The Kier molecular flexibility index (Phi) is 3.45. The van der Waals surface area contributed by atoms with Crippen molar-refractivity contribution in [1.29, 1.82) is 0 Å². The summed E-state index contributed by atoms with van der Waals surface area (Å²) in [4.78, 5) is 8.25. The third kappa shape index (κ3) is 2.55. The van der Waals surface area contributed by atoms with Crippen molar-refractivity contribution < 1.29 is 9.47 Å². The quantitative estimate of drug-likeness (QED) is 0.743. The van der Waals surface area contributed by atoms with E-state index in [0.717, 1.165) is 5.82 Å². The van der Waals surface area contributed by atoms with Crippen molar-refractivity contribution in [3.05, 3.63) is 11.9 Å². The minimum absolute atomic E-state index is 0.381. The number of hydrogen-bond donors (Lipinski definition) is 1. The molecule has 0 aliphatic heterocycles. The smallest absolute Gasteiger partial charge is 0.218 e. The zero-order chi connectivity index (χ0) is 9.68. The topological polar surface area (TPSA) is 56.3 Å². The molecule has 0 saturated heterocycles. The summed E-state index contributed by atoms with van der Waals surface area (Å²) in [6, 6.07) is 1.72. The van der Waals surface area contributed by atoms with Crippen LogP contribution in [0.2, 0.25) is 0 Å². The van der Waals surface area contributed by atoms with Gasteiger partial charge in [-0.3, -0.25) is 0 Å². The Balaban J connectivity index is 2.93. The highest BCUT2D eigenvalue weighted by Gasteiger charge is 2.02. The second-order valence-electron chi connectivity index (χ2n) is 2.39. The Morgan fingerprint density at radius 3 is 2.69 bits per heavy atom. The zero-order valence-corrected chi connectivity index (χ0v) is 8.00. The van der Waals surface area contributed by atoms with Gasteiger partial charge in [-0.2, -0.15) is 4.98 Å². The third-order valence-corrected chi connectivity index (χ3v) is 1.49. The Bertz CT molecular complexity index is 256. The van der Waals surface area contributed by atoms with Crippen molar-refractivity contribution in [2.75, 3.05) is 26.6 Å². The molecule has 0 amide bonds. The van der Waals surface area contributed by atoms with Crippen molar-refractivity contribution in [3.63, 3.8) is 0 Å². The van der Waals surface area contributed by atoms with Crippen LogP contribution in [0.25, 0.3) is 0 Å². The summed E-state index contributed by atoms with van der Waals surface area (Å²) in [5, 5.41) is 2.91. The first-order valence-corrected chi connectivity index (χ1v) is 3.88. The molecule has 1 N–H and O–H groups in total.